The largest absolute Gasteiger partial charge is 0.495 e. The smallest absolute Gasteiger partial charge is 0.229 e. The molecular formula is C23H21N5O. The van der Waals surface area contributed by atoms with Crippen molar-refractivity contribution in [1.29, 1.82) is 0 Å². The molecule has 0 aliphatic carbocycles. The number of para-hydroxylation sites is 2. The molecule has 0 saturated heterocycles. The summed E-state index contributed by atoms with van der Waals surface area (Å²) in [5.74, 6) is 1.92. The number of rotatable bonds is 7. The van der Waals surface area contributed by atoms with E-state index in [9.17, 15) is 0 Å². The number of methoxy groups -OCH3 is 1. The highest BCUT2D eigenvalue weighted by molar-refractivity contribution is 5.68. The Morgan fingerprint density at radius 3 is 2.45 bits per heavy atom. The maximum atomic E-state index is 5.43. The number of anilines is 3. The van der Waals surface area contributed by atoms with E-state index in [4.69, 9.17) is 9.72 Å². The molecule has 0 radical (unpaired) electrons. The van der Waals surface area contributed by atoms with Crippen molar-refractivity contribution in [2.24, 2.45) is 0 Å². The summed E-state index contributed by atoms with van der Waals surface area (Å²) < 4.78 is 5.43. The molecule has 29 heavy (non-hydrogen) atoms. The van der Waals surface area contributed by atoms with Gasteiger partial charge in [-0.1, -0.05) is 48.5 Å². The van der Waals surface area contributed by atoms with E-state index in [1.54, 1.807) is 13.3 Å². The third-order valence-electron chi connectivity index (χ3n) is 4.33. The minimum Gasteiger partial charge on any atom is -0.495 e. The Hall–Kier alpha value is -3.93. The van der Waals surface area contributed by atoms with Crippen molar-refractivity contribution in [1.82, 2.24) is 15.0 Å². The SMILES string of the molecule is COc1ccccc1Nc1nc(NCc2ccccn2)cc(-c2ccccc2)n1. The van der Waals surface area contributed by atoms with Gasteiger partial charge in [-0.2, -0.15) is 4.98 Å². The van der Waals surface area contributed by atoms with Crippen molar-refractivity contribution in [3.05, 3.63) is 90.8 Å². The first-order valence-corrected chi connectivity index (χ1v) is 9.30. The van der Waals surface area contributed by atoms with Crippen molar-refractivity contribution >= 4 is 17.5 Å². The van der Waals surface area contributed by atoms with Crippen LogP contribution in [0.25, 0.3) is 11.3 Å². The van der Waals surface area contributed by atoms with Gasteiger partial charge in [0.15, 0.2) is 0 Å². The summed E-state index contributed by atoms with van der Waals surface area (Å²) in [6.07, 6.45) is 1.78. The average molecular weight is 383 g/mol. The zero-order valence-corrected chi connectivity index (χ0v) is 16.0. The fraction of sp³-hybridized carbons (Fsp3) is 0.0870. The Morgan fingerprint density at radius 1 is 0.862 bits per heavy atom. The van der Waals surface area contributed by atoms with Gasteiger partial charge in [-0.05, 0) is 24.3 Å². The van der Waals surface area contributed by atoms with Crippen molar-refractivity contribution in [3.63, 3.8) is 0 Å². The zero-order valence-electron chi connectivity index (χ0n) is 16.0. The molecule has 144 valence electrons. The van der Waals surface area contributed by atoms with E-state index in [1.165, 1.54) is 0 Å². The van der Waals surface area contributed by atoms with E-state index in [2.05, 4.69) is 20.6 Å². The number of hydrogen-bond acceptors (Lipinski definition) is 6. The maximum absolute atomic E-state index is 5.43. The molecule has 0 spiro atoms. The summed E-state index contributed by atoms with van der Waals surface area (Å²) in [5, 5.41) is 6.61. The van der Waals surface area contributed by atoms with Gasteiger partial charge in [-0.3, -0.25) is 4.98 Å². The summed E-state index contributed by atoms with van der Waals surface area (Å²) >= 11 is 0. The maximum Gasteiger partial charge on any atom is 0.229 e. The molecule has 2 heterocycles. The summed E-state index contributed by atoms with van der Waals surface area (Å²) in [7, 11) is 1.64. The second kappa shape index (κ2) is 8.84. The van der Waals surface area contributed by atoms with Crippen molar-refractivity contribution in [2.75, 3.05) is 17.7 Å². The highest BCUT2D eigenvalue weighted by Crippen LogP contribution is 2.28. The molecule has 2 N–H and O–H groups in total. The van der Waals surface area contributed by atoms with Crippen LogP contribution < -0.4 is 15.4 Å². The summed E-state index contributed by atoms with van der Waals surface area (Å²) in [4.78, 5) is 13.7. The van der Waals surface area contributed by atoms with Gasteiger partial charge in [0.1, 0.15) is 11.6 Å². The average Bonchev–Trinajstić information content (AvgIpc) is 2.79. The monoisotopic (exact) mass is 383 g/mol. The Kier molecular flexibility index (Phi) is 5.62. The van der Waals surface area contributed by atoms with Crippen LogP contribution >= 0.6 is 0 Å². The van der Waals surface area contributed by atoms with Crippen LogP contribution in [-0.4, -0.2) is 22.1 Å². The third kappa shape index (κ3) is 4.68. The number of aromatic nitrogens is 3. The lowest BCUT2D eigenvalue weighted by Gasteiger charge is -2.13. The van der Waals surface area contributed by atoms with Crippen molar-refractivity contribution in [3.8, 4) is 17.0 Å². The van der Waals surface area contributed by atoms with Crippen LogP contribution in [0.5, 0.6) is 5.75 Å². The van der Waals surface area contributed by atoms with Crippen LogP contribution in [0.15, 0.2) is 85.1 Å². The molecular weight excluding hydrogens is 362 g/mol. The highest BCUT2D eigenvalue weighted by Gasteiger charge is 2.09. The lowest BCUT2D eigenvalue weighted by Crippen LogP contribution is -2.06. The molecule has 0 aliphatic rings. The molecule has 4 rings (SSSR count). The Morgan fingerprint density at radius 2 is 1.66 bits per heavy atom. The number of pyridine rings is 1. The molecule has 0 amide bonds. The van der Waals surface area contributed by atoms with E-state index in [-0.39, 0.29) is 0 Å². The molecule has 0 aliphatic heterocycles. The second-order valence-corrected chi connectivity index (χ2v) is 6.33. The molecule has 0 bridgehead atoms. The first-order valence-electron chi connectivity index (χ1n) is 9.30. The first kappa shape index (κ1) is 18.4. The van der Waals surface area contributed by atoms with Gasteiger partial charge in [0, 0.05) is 17.8 Å². The molecule has 0 unspecified atom stereocenters. The zero-order chi connectivity index (χ0) is 19.9. The van der Waals surface area contributed by atoms with Gasteiger partial charge < -0.3 is 15.4 Å². The van der Waals surface area contributed by atoms with E-state index < -0.39 is 0 Å². The molecule has 0 atom stereocenters. The van der Waals surface area contributed by atoms with E-state index in [1.807, 2.05) is 78.9 Å². The van der Waals surface area contributed by atoms with Gasteiger partial charge in [-0.15, -0.1) is 0 Å². The fourth-order valence-electron chi connectivity index (χ4n) is 2.90. The Labute approximate surface area is 169 Å². The minimum absolute atomic E-state index is 0.486. The highest BCUT2D eigenvalue weighted by atomic mass is 16.5. The van der Waals surface area contributed by atoms with Crippen LogP contribution in [-0.2, 0) is 6.54 Å². The van der Waals surface area contributed by atoms with Gasteiger partial charge >= 0.3 is 0 Å². The molecule has 2 aromatic carbocycles. The molecule has 0 fully saturated rings. The van der Waals surface area contributed by atoms with Crippen LogP contribution in [0.1, 0.15) is 5.69 Å². The first-order chi connectivity index (χ1) is 14.3. The predicted octanol–water partition coefficient (Wildman–Crippen LogP) is 4.90. The molecule has 4 aromatic rings. The number of nitrogens with zero attached hydrogens (tertiary/aromatic N) is 3. The lowest BCUT2D eigenvalue weighted by molar-refractivity contribution is 0.417. The third-order valence-corrected chi connectivity index (χ3v) is 4.33. The van der Waals surface area contributed by atoms with E-state index >= 15 is 0 Å². The van der Waals surface area contributed by atoms with E-state index in [0.717, 1.165) is 28.4 Å². The van der Waals surface area contributed by atoms with Gasteiger partial charge in [0.05, 0.1) is 30.7 Å². The number of hydrogen-bond donors (Lipinski definition) is 2. The van der Waals surface area contributed by atoms with Gasteiger partial charge in [0.25, 0.3) is 0 Å². The van der Waals surface area contributed by atoms with Crippen LogP contribution in [0.4, 0.5) is 17.5 Å². The topological polar surface area (TPSA) is 72.0 Å². The van der Waals surface area contributed by atoms with Gasteiger partial charge in [-0.25, -0.2) is 4.98 Å². The minimum atomic E-state index is 0.486. The molecule has 6 nitrogen and oxygen atoms in total. The van der Waals surface area contributed by atoms with Crippen LogP contribution in [0, 0.1) is 0 Å². The standard InChI is InChI=1S/C23H21N5O/c1-29-21-13-6-5-12-19(21)26-23-27-20(17-9-3-2-4-10-17)15-22(28-23)25-16-18-11-7-8-14-24-18/h2-15H,16H2,1H3,(H2,25,26,27,28). The Bertz CT molecular complexity index is 1070. The quantitative estimate of drug-likeness (QED) is 0.473. The van der Waals surface area contributed by atoms with Crippen LogP contribution in [0.3, 0.4) is 0 Å². The molecule has 2 aromatic heterocycles. The number of nitrogens with one attached hydrogen (secondary N) is 2. The van der Waals surface area contributed by atoms with Crippen molar-refractivity contribution in [2.45, 2.75) is 6.54 Å². The second-order valence-electron chi connectivity index (χ2n) is 6.33. The number of benzene rings is 2. The summed E-state index contributed by atoms with van der Waals surface area (Å²) in [6, 6.07) is 25.5. The Balaban J connectivity index is 1.66. The molecule has 0 saturated carbocycles. The summed E-state index contributed by atoms with van der Waals surface area (Å²) in [6.45, 7) is 0.570. The van der Waals surface area contributed by atoms with Gasteiger partial charge in [0.2, 0.25) is 5.95 Å². The normalized spacial score (nSPS) is 10.4. The lowest BCUT2D eigenvalue weighted by atomic mass is 10.1. The van der Waals surface area contributed by atoms with Crippen molar-refractivity contribution < 1.29 is 4.74 Å². The predicted molar refractivity (Wildman–Crippen MR) is 115 cm³/mol. The number of ether oxygens (including phenoxy) is 1. The van der Waals surface area contributed by atoms with Crippen LogP contribution in [0.2, 0.25) is 0 Å². The summed E-state index contributed by atoms with van der Waals surface area (Å²) in [5.41, 5.74) is 3.57. The van der Waals surface area contributed by atoms with E-state index in [0.29, 0.717) is 18.3 Å². The fourth-order valence-corrected chi connectivity index (χ4v) is 2.90. The molecule has 6 heteroatoms.